The quantitative estimate of drug-likeness (QED) is 0.845. The van der Waals surface area contributed by atoms with E-state index in [1.54, 1.807) is 0 Å². The molecular weight excluding hydrogens is 269 g/mol. The molecule has 0 aliphatic carbocycles. The van der Waals surface area contributed by atoms with Crippen LogP contribution in [0.4, 0.5) is 13.2 Å². The van der Waals surface area contributed by atoms with E-state index in [0.29, 0.717) is 6.42 Å². The summed E-state index contributed by atoms with van der Waals surface area (Å²) in [7, 11) is 0. The number of hydrogen-bond donors (Lipinski definition) is 2. The Bertz CT molecular complexity index is 446. The fourth-order valence-corrected chi connectivity index (χ4v) is 1.82. The molecule has 1 aromatic rings. The van der Waals surface area contributed by atoms with Crippen LogP contribution >= 0.6 is 0 Å². The number of unbranched alkanes of at least 4 members (excludes halogenated alkanes) is 1. The van der Waals surface area contributed by atoms with Gasteiger partial charge in [-0.05, 0) is 18.1 Å². The highest BCUT2D eigenvalue weighted by molar-refractivity contribution is 5.81. The maximum Gasteiger partial charge on any atom is 0.416 e. The molecule has 0 saturated heterocycles. The number of carbonyl (C=O) groups excluding carboxylic acids is 1. The molecule has 0 fully saturated rings. The van der Waals surface area contributed by atoms with E-state index in [-0.39, 0.29) is 12.1 Å². The minimum absolute atomic E-state index is 0.0380. The van der Waals surface area contributed by atoms with E-state index in [4.69, 9.17) is 5.73 Å². The average Bonchev–Trinajstić information content (AvgIpc) is 2.41. The molecule has 1 amide bonds. The van der Waals surface area contributed by atoms with Crippen molar-refractivity contribution in [3.8, 4) is 0 Å². The lowest BCUT2D eigenvalue weighted by molar-refractivity contribution is -0.138. The van der Waals surface area contributed by atoms with Crippen molar-refractivity contribution >= 4 is 5.91 Å². The van der Waals surface area contributed by atoms with Crippen LogP contribution in [0.25, 0.3) is 0 Å². The molecule has 0 aromatic heterocycles. The van der Waals surface area contributed by atoms with E-state index in [2.05, 4.69) is 5.32 Å². The van der Waals surface area contributed by atoms with Crippen molar-refractivity contribution in [3.63, 3.8) is 0 Å². The van der Waals surface area contributed by atoms with Crippen molar-refractivity contribution in [2.75, 3.05) is 0 Å². The smallest absolute Gasteiger partial charge is 0.351 e. The number of amides is 1. The molecule has 0 radical (unpaired) electrons. The molecule has 0 aliphatic heterocycles. The second-order valence-corrected chi connectivity index (χ2v) is 4.62. The Kier molecular flexibility index (Phi) is 6.01. The van der Waals surface area contributed by atoms with Gasteiger partial charge in [0.1, 0.15) is 0 Å². The lowest BCUT2D eigenvalue weighted by Crippen LogP contribution is -2.40. The van der Waals surface area contributed by atoms with Crippen molar-refractivity contribution in [1.29, 1.82) is 0 Å². The van der Waals surface area contributed by atoms with Crippen LogP contribution in [0, 0.1) is 0 Å². The maximum absolute atomic E-state index is 12.8. The Labute approximate surface area is 116 Å². The van der Waals surface area contributed by atoms with E-state index in [1.165, 1.54) is 18.2 Å². The summed E-state index contributed by atoms with van der Waals surface area (Å²) in [6.07, 6.45) is -2.17. The van der Waals surface area contributed by atoms with Crippen LogP contribution in [0.2, 0.25) is 0 Å². The Morgan fingerprint density at radius 2 is 2.00 bits per heavy atom. The molecule has 6 heteroatoms. The summed E-state index contributed by atoms with van der Waals surface area (Å²) in [5.74, 6) is -0.421. The van der Waals surface area contributed by atoms with Crippen LogP contribution in [-0.4, -0.2) is 11.9 Å². The molecule has 0 aliphatic rings. The third-order valence-electron chi connectivity index (χ3n) is 2.98. The Morgan fingerprint density at radius 1 is 1.35 bits per heavy atom. The summed E-state index contributed by atoms with van der Waals surface area (Å²) in [6, 6.07) is 4.50. The summed E-state index contributed by atoms with van der Waals surface area (Å²) in [5.41, 5.74) is 4.96. The fourth-order valence-electron chi connectivity index (χ4n) is 1.82. The Morgan fingerprint density at radius 3 is 2.60 bits per heavy atom. The summed E-state index contributed by atoms with van der Waals surface area (Å²) in [5, 5.41) is 2.46. The highest BCUT2D eigenvalue weighted by Crippen LogP contribution is 2.31. The molecule has 0 bridgehead atoms. The molecule has 1 atom stereocenters. The second kappa shape index (κ2) is 7.28. The fraction of sp³-hybridized carbons (Fsp3) is 0.500. The van der Waals surface area contributed by atoms with E-state index < -0.39 is 23.7 Å². The van der Waals surface area contributed by atoms with Gasteiger partial charge >= 0.3 is 6.18 Å². The van der Waals surface area contributed by atoms with Gasteiger partial charge in [0.25, 0.3) is 0 Å². The van der Waals surface area contributed by atoms with Crippen molar-refractivity contribution < 1.29 is 18.0 Å². The predicted molar refractivity (Wildman–Crippen MR) is 70.8 cm³/mol. The first kappa shape index (κ1) is 16.5. The number of hydrogen-bond acceptors (Lipinski definition) is 2. The first-order valence-corrected chi connectivity index (χ1v) is 6.54. The maximum atomic E-state index is 12.8. The van der Waals surface area contributed by atoms with Crippen molar-refractivity contribution in [2.45, 2.75) is 44.9 Å². The first-order chi connectivity index (χ1) is 9.36. The predicted octanol–water partition coefficient (Wildman–Crippen LogP) is 2.84. The van der Waals surface area contributed by atoms with Gasteiger partial charge in [0.05, 0.1) is 11.6 Å². The van der Waals surface area contributed by atoms with Crippen LogP contribution in [0.1, 0.15) is 37.3 Å². The van der Waals surface area contributed by atoms with Gasteiger partial charge < -0.3 is 11.1 Å². The van der Waals surface area contributed by atoms with E-state index in [0.717, 1.165) is 18.9 Å². The topological polar surface area (TPSA) is 55.1 Å². The molecule has 3 N–H and O–H groups in total. The van der Waals surface area contributed by atoms with Gasteiger partial charge in [0, 0.05) is 6.54 Å². The van der Waals surface area contributed by atoms with Crippen LogP contribution in [0.3, 0.4) is 0 Å². The third-order valence-corrected chi connectivity index (χ3v) is 2.98. The molecular formula is C14H19F3N2O. The largest absolute Gasteiger partial charge is 0.416 e. The molecule has 20 heavy (non-hydrogen) atoms. The van der Waals surface area contributed by atoms with Crippen LogP contribution in [0.15, 0.2) is 24.3 Å². The molecule has 1 unspecified atom stereocenters. The van der Waals surface area contributed by atoms with E-state index >= 15 is 0 Å². The van der Waals surface area contributed by atoms with Crippen LogP contribution in [0.5, 0.6) is 0 Å². The highest BCUT2D eigenvalue weighted by atomic mass is 19.4. The zero-order valence-electron chi connectivity index (χ0n) is 11.3. The number of carbonyl (C=O) groups is 1. The Hall–Kier alpha value is -1.56. The number of alkyl halides is 3. The number of nitrogens with one attached hydrogen (secondary N) is 1. The van der Waals surface area contributed by atoms with E-state index in [1.807, 2.05) is 6.92 Å². The van der Waals surface area contributed by atoms with Gasteiger partial charge in [-0.2, -0.15) is 13.2 Å². The average molecular weight is 288 g/mol. The van der Waals surface area contributed by atoms with Gasteiger partial charge in [-0.1, -0.05) is 38.0 Å². The molecule has 1 aromatic carbocycles. The van der Waals surface area contributed by atoms with Gasteiger partial charge in [-0.15, -0.1) is 0 Å². The lowest BCUT2D eigenvalue weighted by atomic mass is 10.1. The number of halogens is 3. The molecule has 0 heterocycles. The summed E-state index contributed by atoms with van der Waals surface area (Å²) in [6.45, 7) is 1.80. The zero-order valence-corrected chi connectivity index (χ0v) is 11.3. The summed E-state index contributed by atoms with van der Waals surface area (Å²) < 4.78 is 38.3. The standard InChI is InChI=1S/C14H19F3N2O/c1-2-3-8-12(18)13(20)19-9-10-6-4-5-7-11(10)14(15,16)17/h4-7,12H,2-3,8-9,18H2,1H3,(H,19,20). The van der Waals surface area contributed by atoms with Gasteiger partial charge in [0.15, 0.2) is 0 Å². The SMILES string of the molecule is CCCCC(N)C(=O)NCc1ccccc1C(F)(F)F. The van der Waals surface area contributed by atoms with Crippen LogP contribution < -0.4 is 11.1 Å². The summed E-state index contributed by atoms with van der Waals surface area (Å²) >= 11 is 0. The molecule has 0 spiro atoms. The number of nitrogens with two attached hydrogens (primary N) is 1. The first-order valence-electron chi connectivity index (χ1n) is 6.54. The highest BCUT2D eigenvalue weighted by Gasteiger charge is 2.32. The molecule has 3 nitrogen and oxygen atoms in total. The molecule has 0 saturated carbocycles. The third kappa shape index (κ3) is 4.85. The normalized spacial score (nSPS) is 13.1. The van der Waals surface area contributed by atoms with E-state index in [9.17, 15) is 18.0 Å². The number of benzene rings is 1. The van der Waals surface area contributed by atoms with Crippen molar-refractivity contribution in [2.24, 2.45) is 5.73 Å². The molecule has 1 rings (SSSR count). The minimum Gasteiger partial charge on any atom is -0.351 e. The van der Waals surface area contributed by atoms with Gasteiger partial charge in [0.2, 0.25) is 5.91 Å². The molecule has 112 valence electrons. The zero-order chi connectivity index (χ0) is 15.2. The number of rotatable bonds is 6. The van der Waals surface area contributed by atoms with Gasteiger partial charge in [-0.3, -0.25) is 4.79 Å². The van der Waals surface area contributed by atoms with Gasteiger partial charge in [-0.25, -0.2) is 0 Å². The lowest BCUT2D eigenvalue weighted by Gasteiger charge is -2.15. The Balaban J connectivity index is 2.64. The minimum atomic E-state index is -4.42. The second-order valence-electron chi connectivity index (χ2n) is 4.62. The summed E-state index contributed by atoms with van der Waals surface area (Å²) in [4.78, 5) is 11.7. The monoisotopic (exact) mass is 288 g/mol. The van der Waals surface area contributed by atoms with Crippen LogP contribution in [-0.2, 0) is 17.5 Å². The van der Waals surface area contributed by atoms with Crippen molar-refractivity contribution in [3.05, 3.63) is 35.4 Å². The van der Waals surface area contributed by atoms with Crippen molar-refractivity contribution in [1.82, 2.24) is 5.32 Å².